The van der Waals surface area contributed by atoms with Crippen LogP contribution in [0.1, 0.15) is 46.5 Å². The van der Waals surface area contributed by atoms with Crippen LogP contribution in [0.2, 0.25) is 0 Å². The van der Waals surface area contributed by atoms with Crippen molar-refractivity contribution < 1.29 is 4.74 Å². The lowest BCUT2D eigenvalue weighted by molar-refractivity contribution is 0.160. The third kappa shape index (κ3) is 5.20. The van der Waals surface area contributed by atoms with Gasteiger partial charge in [-0.3, -0.25) is 0 Å². The van der Waals surface area contributed by atoms with E-state index in [2.05, 4.69) is 22.1 Å². The summed E-state index contributed by atoms with van der Waals surface area (Å²) in [5.41, 5.74) is 0. The number of nitrogens with one attached hydrogen (secondary N) is 1. The number of ether oxygens (including phenoxy) is 1. The van der Waals surface area contributed by atoms with Crippen LogP contribution in [0, 0.1) is 0 Å². The van der Waals surface area contributed by atoms with Crippen molar-refractivity contribution in [3.05, 3.63) is 18.3 Å². The number of rotatable bonds is 7. The molecule has 1 fully saturated rings. The lowest BCUT2D eigenvalue weighted by atomic mass is 10.0. The molecule has 21 heavy (non-hydrogen) atoms. The van der Waals surface area contributed by atoms with Crippen molar-refractivity contribution >= 4 is 5.82 Å². The number of piperidine rings is 1. The van der Waals surface area contributed by atoms with E-state index in [1.165, 1.54) is 32.4 Å². The molecule has 1 aliphatic heterocycles. The maximum Gasteiger partial charge on any atom is 0.168 e. The van der Waals surface area contributed by atoms with Crippen molar-refractivity contribution in [3.63, 3.8) is 0 Å². The van der Waals surface area contributed by atoms with Crippen LogP contribution >= 0.6 is 0 Å². The summed E-state index contributed by atoms with van der Waals surface area (Å²) in [6.45, 7) is 9.78. The van der Waals surface area contributed by atoms with Gasteiger partial charge in [0.2, 0.25) is 0 Å². The molecule has 1 aliphatic rings. The molecular weight excluding hydrogens is 262 g/mol. The predicted molar refractivity (Wildman–Crippen MR) is 88.0 cm³/mol. The Morgan fingerprint density at radius 1 is 1.43 bits per heavy atom. The molecule has 0 amide bonds. The fourth-order valence-corrected chi connectivity index (χ4v) is 2.85. The Bertz CT molecular complexity index is 422. The Morgan fingerprint density at radius 3 is 3.05 bits per heavy atom. The highest BCUT2D eigenvalue weighted by molar-refractivity contribution is 5.49. The van der Waals surface area contributed by atoms with Crippen LogP contribution in [0.3, 0.4) is 0 Å². The molecule has 118 valence electrons. The molecule has 0 spiro atoms. The highest BCUT2D eigenvalue weighted by Crippen LogP contribution is 2.22. The normalized spacial score (nSPS) is 19.7. The molecule has 4 nitrogen and oxygen atoms in total. The molecule has 1 aromatic heterocycles. The fourth-order valence-electron chi connectivity index (χ4n) is 2.85. The standard InChI is InChI=1S/C17H29N3O/c1-14(2)21-16-9-6-10-18-17(16)19-11-7-13-20-12-5-4-8-15(20)3/h6,9-10,14-15H,4-5,7-8,11-13H2,1-3H3,(H,18,19). The van der Waals surface area contributed by atoms with E-state index in [0.717, 1.165) is 30.6 Å². The fraction of sp³-hybridized carbons (Fsp3) is 0.706. The van der Waals surface area contributed by atoms with Gasteiger partial charge in [-0.05, 0) is 58.7 Å². The van der Waals surface area contributed by atoms with Crippen LogP contribution < -0.4 is 10.1 Å². The van der Waals surface area contributed by atoms with Gasteiger partial charge in [-0.1, -0.05) is 6.42 Å². The van der Waals surface area contributed by atoms with Gasteiger partial charge in [-0.2, -0.15) is 0 Å². The van der Waals surface area contributed by atoms with E-state index >= 15 is 0 Å². The van der Waals surface area contributed by atoms with Gasteiger partial charge in [0.05, 0.1) is 6.10 Å². The van der Waals surface area contributed by atoms with Gasteiger partial charge in [0, 0.05) is 25.3 Å². The number of aromatic nitrogens is 1. The number of nitrogens with zero attached hydrogens (tertiary/aromatic N) is 2. The quantitative estimate of drug-likeness (QED) is 0.780. The molecule has 0 aromatic carbocycles. The highest BCUT2D eigenvalue weighted by atomic mass is 16.5. The largest absolute Gasteiger partial charge is 0.487 e. The molecule has 1 atom stereocenters. The summed E-state index contributed by atoms with van der Waals surface area (Å²) in [4.78, 5) is 6.99. The van der Waals surface area contributed by atoms with Crippen molar-refractivity contribution in [3.8, 4) is 5.75 Å². The van der Waals surface area contributed by atoms with E-state index in [0.29, 0.717) is 0 Å². The van der Waals surface area contributed by atoms with Crippen molar-refractivity contribution in [1.82, 2.24) is 9.88 Å². The van der Waals surface area contributed by atoms with E-state index in [1.54, 1.807) is 0 Å². The third-order valence-electron chi connectivity index (χ3n) is 3.99. The van der Waals surface area contributed by atoms with E-state index in [-0.39, 0.29) is 6.10 Å². The number of pyridine rings is 1. The number of likely N-dealkylation sites (tertiary alicyclic amines) is 1. The first-order valence-electron chi connectivity index (χ1n) is 8.26. The zero-order chi connectivity index (χ0) is 15.1. The Kier molecular flexibility index (Phi) is 6.30. The molecule has 1 N–H and O–H groups in total. The molecular formula is C17H29N3O. The van der Waals surface area contributed by atoms with Gasteiger partial charge in [-0.25, -0.2) is 4.98 Å². The Hall–Kier alpha value is -1.29. The minimum Gasteiger partial charge on any atom is -0.487 e. The summed E-state index contributed by atoms with van der Waals surface area (Å²) in [7, 11) is 0. The van der Waals surface area contributed by atoms with Crippen molar-refractivity contribution in [2.24, 2.45) is 0 Å². The minimum absolute atomic E-state index is 0.170. The summed E-state index contributed by atoms with van der Waals surface area (Å²) in [6.07, 6.45) is 7.21. The van der Waals surface area contributed by atoms with Crippen LogP contribution in [0.4, 0.5) is 5.82 Å². The Morgan fingerprint density at radius 2 is 2.29 bits per heavy atom. The molecule has 1 aromatic rings. The SMILES string of the molecule is CC(C)Oc1cccnc1NCCCN1CCCCC1C. The van der Waals surface area contributed by atoms with E-state index in [9.17, 15) is 0 Å². The molecule has 4 heteroatoms. The number of hydrogen-bond acceptors (Lipinski definition) is 4. The summed E-state index contributed by atoms with van der Waals surface area (Å²) >= 11 is 0. The van der Waals surface area contributed by atoms with Crippen LogP contribution in [-0.2, 0) is 0 Å². The molecule has 0 radical (unpaired) electrons. The van der Waals surface area contributed by atoms with Crippen molar-refractivity contribution in [1.29, 1.82) is 0 Å². The smallest absolute Gasteiger partial charge is 0.168 e. The van der Waals surface area contributed by atoms with Crippen LogP contribution in [0.5, 0.6) is 5.75 Å². The average molecular weight is 291 g/mol. The summed E-state index contributed by atoms with van der Waals surface area (Å²) in [6, 6.07) is 4.63. The second kappa shape index (κ2) is 8.23. The molecule has 2 heterocycles. The molecule has 0 saturated carbocycles. The topological polar surface area (TPSA) is 37.4 Å². The lowest BCUT2D eigenvalue weighted by Crippen LogP contribution is -2.38. The van der Waals surface area contributed by atoms with Crippen LogP contribution in [-0.4, -0.2) is 41.7 Å². The second-order valence-corrected chi connectivity index (χ2v) is 6.18. The monoisotopic (exact) mass is 291 g/mol. The third-order valence-corrected chi connectivity index (χ3v) is 3.99. The Labute approximate surface area is 128 Å². The van der Waals surface area contributed by atoms with Gasteiger partial charge < -0.3 is 15.0 Å². The number of anilines is 1. The Balaban J connectivity index is 1.75. The predicted octanol–water partition coefficient (Wildman–Crippen LogP) is 3.55. The molecule has 0 bridgehead atoms. The van der Waals surface area contributed by atoms with E-state index in [1.807, 2.05) is 32.2 Å². The zero-order valence-corrected chi connectivity index (χ0v) is 13.6. The molecule has 1 unspecified atom stereocenters. The maximum atomic E-state index is 5.77. The van der Waals surface area contributed by atoms with Gasteiger partial charge in [0.1, 0.15) is 0 Å². The van der Waals surface area contributed by atoms with E-state index in [4.69, 9.17) is 4.74 Å². The van der Waals surface area contributed by atoms with Gasteiger partial charge in [-0.15, -0.1) is 0 Å². The van der Waals surface area contributed by atoms with Crippen molar-refractivity contribution in [2.75, 3.05) is 25.0 Å². The van der Waals surface area contributed by atoms with Crippen LogP contribution in [0.15, 0.2) is 18.3 Å². The first-order chi connectivity index (χ1) is 10.2. The molecule has 0 aliphatic carbocycles. The van der Waals surface area contributed by atoms with Gasteiger partial charge in [0.15, 0.2) is 11.6 Å². The average Bonchev–Trinajstić information content (AvgIpc) is 2.46. The summed E-state index contributed by atoms with van der Waals surface area (Å²) in [5.74, 6) is 1.71. The highest BCUT2D eigenvalue weighted by Gasteiger charge is 2.17. The minimum atomic E-state index is 0.170. The van der Waals surface area contributed by atoms with Crippen molar-refractivity contribution in [2.45, 2.75) is 58.6 Å². The van der Waals surface area contributed by atoms with Gasteiger partial charge in [0.25, 0.3) is 0 Å². The zero-order valence-electron chi connectivity index (χ0n) is 13.6. The molecule has 1 saturated heterocycles. The summed E-state index contributed by atoms with van der Waals surface area (Å²) < 4.78 is 5.77. The van der Waals surface area contributed by atoms with Crippen LogP contribution in [0.25, 0.3) is 0 Å². The summed E-state index contributed by atoms with van der Waals surface area (Å²) in [5, 5.41) is 3.41. The first kappa shape index (κ1) is 16.1. The first-order valence-corrected chi connectivity index (χ1v) is 8.26. The van der Waals surface area contributed by atoms with E-state index < -0.39 is 0 Å². The number of hydrogen-bond donors (Lipinski definition) is 1. The lowest BCUT2D eigenvalue weighted by Gasteiger charge is -2.33. The maximum absolute atomic E-state index is 5.77. The second-order valence-electron chi connectivity index (χ2n) is 6.18. The molecule has 2 rings (SSSR count). The van der Waals surface area contributed by atoms with Gasteiger partial charge >= 0.3 is 0 Å².